The lowest BCUT2D eigenvalue weighted by Crippen LogP contribution is -2.31. The second-order valence-electron chi connectivity index (χ2n) is 6.59. The molecule has 32 heavy (non-hydrogen) atoms. The van der Waals surface area contributed by atoms with E-state index in [1.54, 1.807) is 24.3 Å². The van der Waals surface area contributed by atoms with E-state index in [0.29, 0.717) is 22.1 Å². The summed E-state index contributed by atoms with van der Waals surface area (Å²) in [6.07, 6.45) is 0. The number of halogens is 3. The molecule has 0 spiro atoms. The first-order valence-corrected chi connectivity index (χ1v) is 10.5. The Hall–Kier alpha value is -3.62. The highest BCUT2D eigenvalue weighted by atomic mass is 35.5. The van der Waals surface area contributed by atoms with Crippen molar-refractivity contribution < 1.29 is 13.6 Å². The van der Waals surface area contributed by atoms with Crippen molar-refractivity contribution in [3.63, 3.8) is 0 Å². The number of nitrogens with one attached hydrogen (secondary N) is 1. The number of rotatable bonds is 4. The summed E-state index contributed by atoms with van der Waals surface area (Å²) >= 11 is 6.83. The summed E-state index contributed by atoms with van der Waals surface area (Å²) < 4.78 is 27.9. The standard InChI is InChI=1S/C23H14ClF2N3O2S/c24-14-1-7-17(8-2-14)27-22(31)20-13-21(30)29(19-11-5-16(26)6-12-19)23(32-20)28-18-9-3-15(25)4-10-18/h1-13H,(H,27,31). The van der Waals surface area contributed by atoms with Crippen molar-refractivity contribution in [2.24, 2.45) is 4.99 Å². The van der Waals surface area contributed by atoms with Crippen molar-refractivity contribution >= 4 is 40.2 Å². The van der Waals surface area contributed by atoms with Gasteiger partial charge in [0.15, 0.2) is 4.80 Å². The van der Waals surface area contributed by atoms with Crippen LogP contribution in [-0.4, -0.2) is 10.5 Å². The van der Waals surface area contributed by atoms with Crippen molar-refractivity contribution in [2.45, 2.75) is 0 Å². The van der Waals surface area contributed by atoms with Gasteiger partial charge >= 0.3 is 0 Å². The highest BCUT2D eigenvalue weighted by molar-refractivity contribution is 7.11. The molecule has 160 valence electrons. The number of hydrogen-bond acceptors (Lipinski definition) is 4. The molecule has 1 N–H and O–H groups in total. The van der Waals surface area contributed by atoms with Crippen LogP contribution in [0.2, 0.25) is 5.02 Å². The molecule has 0 saturated carbocycles. The number of anilines is 1. The van der Waals surface area contributed by atoms with Gasteiger partial charge in [0, 0.05) is 16.8 Å². The Bertz CT molecular complexity index is 1400. The van der Waals surface area contributed by atoms with Crippen LogP contribution in [0.15, 0.2) is 88.6 Å². The molecule has 0 aliphatic carbocycles. The molecule has 0 aliphatic rings. The topological polar surface area (TPSA) is 63.5 Å². The Morgan fingerprint density at radius 3 is 2.12 bits per heavy atom. The quantitative estimate of drug-likeness (QED) is 0.440. The first-order chi connectivity index (χ1) is 15.4. The highest BCUT2D eigenvalue weighted by Gasteiger charge is 2.13. The molecule has 0 saturated heterocycles. The molecule has 1 heterocycles. The SMILES string of the molecule is O=C(Nc1ccc(Cl)cc1)c1cc(=O)n(-c2ccc(F)cc2)c(=Nc2ccc(F)cc2)s1. The zero-order valence-electron chi connectivity index (χ0n) is 16.3. The lowest BCUT2D eigenvalue weighted by molar-refractivity contribution is 0.103. The van der Waals surface area contributed by atoms with E-state index in [4.69, 9.17) is 11.6 Å². The molecule has 0 aliphatic heterocycles. The normalized spacial score (nSPS) is 11.4. The van der Waals surface area contributed by atoms with E-state index in [0.717, 1.165) is 11.3 Å². The summed E-state index contributed by atoms with van der Waals surface area (Å²) in [5.41, 5.74) is 0.732. The zero-order valence-corrected chi connectivity index (χ0v) is 17.8. The van der Waals surface area contributed by atoms with Gasteiger partial charge in [0.25, 0.3) is 11.5 Å². The van der Waals surface area contributed by atoms with Crippen LogP contribution in [0.1, 0.15) is 9.67 Å². The number of aromatic nitrogens is 1. The van der Waals surface area contributed by atoms with E-state index >= 15 is 0 Å². The Balaban J connectivity index is 1.83. The predicted octanol–water partition coefficient (Wildman–Crippen LogP) is 5.32. The summed E-state index contributed by atoms with van der Waals surface area (Å²) in [5.74, 6) is -1.39. The molecule has 4 rings (SSSR count). The molecule has 1 amide bonds. The number of benzene rings is 3. The van der Waals surface area contributed by atoms with Crippen LogP contribution in [0, 0.1) is 11.6 Å². The third kappa shape index (κ3) is 4.99. The average molecular weight is 470 g/mol. The van der Waals surface area contributed by atoms with Gasteiger partial charge in [-0.2, -0.15) is 0 Å². The van der Waals surface area contributed by atoms with Crippen molar-refractivity contribution in [3.8, 4) is 5.69 Å². The fraction of sp³-hybridized carbons (Fsp3) is 0. The van der Waals surface area contributed by atoms with Gasteiger partial charge in [0.2, 0.25) is 0 Å². The van der Waals surface area contributed by atoms with Gasteiger partial charge in [-0.25, -0.2) is 13.8 Å². The average Bonchev–Trinajstić information content (AvgIpc) is 2.77. The monoisotopic (exact) mass is 469 g/mol. The summed E-state index contributed by atoms with van der Waals surface area (Å²) in [6, 6.07) is 18.4. The number of nitrogens with zero attached hydrogens (tertiary/aromatic N) is 2. The second kappa shape index (κ2) is 9.25. The molecule has 0 atom stereocenters. The fourth-order valence-electron chi connectivity index (χ4n) is 2.81. The van der Waals surface area contributed by atoms with E-state index in [1.807, 2.05) is 0 Å². The van der Waals surface area contributed by atoms with E-state index in [-0.39, 0.29) is 9.68 Å². The molecule has 0 fully saturated rings. The third-order valence-electron chi connectivity index (χ3n) is 4.33. The summed E-state index contributed by atoms with van der Waals surface area (Å²) in [4.78, 5) is 30.4. The molecular formula is C23H14ClF2N3O2S. The van der Waals surface area contributed by atoms with Crippen LogP contribution in [0.5, 0.6) is 0 Å². The zero-order chi connectivity index (χ0) is 22.7. The van der Waals surface area contributed by atoms with Crippen LogP contribution in [0.3, 0.4) is 0 Å². The van der Waals surface area contributed by atoms with Gasteiger partial charge in [-0.1, -0.05) is 22.9 Å². The van der Waals surface area contributed by atoms with Crippen LogP contribution >= 0.6 is 22.9 Å². The molecule has 3 aromatic carbocycles. The first-order valence-electron chi connectivity index (χ1n) is 9.29. The van der Waals surface area contributed by atoms with Gasteiger partial charge in [0.05, 0.1) is 11.4 Å². The van der Waals surface area contributed by atoms with Crippen molar-refractivity contribution in [1.29, 1.82) is 0 Å². The lowest BCUT2D eigenvalue weighted by atomic mass is 10.3. The maximum absolute atomic E-state index is 13.4. The van der Waals surface area contributed by atoms with E-state index < -0.39 is 23.1 Å². The number of hydrogen-bond donors (Lipinski definition) is 1. The van der Waals surface area contributed by atoms with Crippen LogP contribution in [0.25, 0.3) is 5.69 Å². The van der Waals surface area contributed by atoms with Crippen molar-refractivity contribution in [1.82, 2.24) is 4.57 Å². The van der Waals surface area contributed by atoms with E-state index in [9.17, 15) is 18.4 Å². The first kappa shape index (κ1) is 21.6. The number of carbonyl (C=O) groups excluding carboxylic acids is 1. The molecule has 0 radical (unpaired) electrons. The third-order valence-corrected chi connectivity index (χ3v) is 5.56. The highest BCUT2D eigenvalue weighted by Crippen LogP contribution is 2.16. The van der Waals surface area contributed by atoms with Gasteiger partial charge in [-0.3, -0.25) is 14.2 Å². The number of carbonyl (C=O) groups is 1. The van der Waals surface area contributed by atoms with Crippen LogP contribution in [-0.2, 0) is 0 Å². The molecule has 9 heteroatoms. The molecule has 5 nitrogen and oxygen atoms in total. The maximum Gasteiger partial charge on any atom is 0.266 e. The largest absolute Gasteiger partial charge is 0.321 e. The van der Waals surface area contributed by atoms with Crippen molar-refractivity contribution in [2.75, 3.05) is 5.32 Å². The van der Waals surface area contributed by atoms with E-state index in [2.05, 4.69) is 10.3 Å². The van der Waals surface area contributed by atoms with Crippen LogP contribution in [0.4, 0.5) is 20.2 Å². The predicted molar refractivity (Wildman–Crippen MR) is 121 cm³/mol. The molecule has 4 aromatic rings. The van der Waals surface area contributed by atoms with Crippen molar-refractivity contribution in [3.05, 3.63) is 116 Å². The minimum Gasteiger partial charge on any atom is -0.321 e. The molecule has 1 aromatic heterocycles. The lowest BCUT2D eigenvalue weighted by Gasteiger charge is -2.09. The van der Waals surface area contributed by atoms with Crippen LogP contribution < -0.4 is 15.7 Å². The van der Waals surface area contributed by atoms with Gasteiger partial charge < -0.3 is 5.32 Å². The second-order valence-corrected chi connectivity index (χ2v) is 8.04. The Morgan fingerprint density at radius 2 is 1.50 bits per heavy atom. The molecular weight excluding hydrogens is 456 g/mol. The van der Waals surface area contributed by atoms with Gasteiger partial charge in [0.1, 0.15) is 16.5 Å². The molecule has 0 bridgehead atoms. The fourth-order valence-corrected chi connectivity index (χ4v) is 3.87. The Morgan fingerprint density at radius 1 is 0.906 bits per heavy atom. The minimum atomic E-state index is -0.530. The van der Waals surface area contributed by atoms with E-state index in [1.165, 1.54) is 59.2 Å². The maximum atomic E-state index is 13.4. The summed E-state index contributed by atoms with van der Waals surface area (Å²) in [6.45, 7) is 0. The summed E-state index contributed by atoms with van der Waals surface area (Å²) in [7, 11) is 0. The van der Waals surface area contributed by atoms with Gasteiger partial charge in [-0.05, 0) is 72.8 Å². The Kier molecular flexibility index (Phi) is 6.25. The smallest absolute Gasteiger partial charge is 0.266 e. The molecule has 0 unspecified atom stereocenters. The Labute approximate surface area is 189 Å². The number of amides is 1. The van der Waals surface area contributed by atoms with Gasteiger partial charge in [-0.15, -0.1) is 0 Å². The summed E-state index contributed by atoms with van der Waals surface area (Å²) in [5, 5.41) is 3.22. The minimum absolute atomic E-state index is 0.115.